The standard InChI is InChI=1S/C19H27N3O2S/c1-19(2,3)8-10-22-17(24)13-25-18(22)14-6-4-5-7-15(14)21-11-9-20-12-16(21)23/h4-7,18,20H,8-13H2,1-3H3. The van der Waals surface area contributed by atoms with Gasteiger partial charge in [0.1, 0.15) is 5.37 Å². The number of benzene rings is 1. The van der Waals surface area contributed by atoms with Gasteiger partial charge in [-0.1, -0.05) is 39.0 Å². The number of anilines is 1. The molecule has 0 saturated carbocycles. The summed E-state index contributed by atoms with van der Waals surface area (Å²) in [5.41, 5.74) is 2.20. The van der Waals surface area contributed by atoms with Gasteiger partial charge in [-0.3, -0.25) is 9.59 Å². The Labute approximate surface area is 154 Å². The molecule has 0 spiro atoms. The monoisotopic (exact) mass is 361 g/mol. The van der Waals surface area contributed by atoms with Gasteiger partial charge in [0.15, 0.2) is 0 Å². The quantitative estimate of drug-likeness (QED) is 0.896. The van der Waals surface area contributed by atoms with Gasteiger partial charge < -0.3 is 15.1 Å². The fourth-order valence-electron chi connectivity index (χ4n) is 3.21. The average Bonchev–Trinajstić information content (AvgIpc) is 2.93. The number of rotatable bonds is 4. The number of carbonyl (C=O) groups excluding carboxylic acids is 2. The lowest BCUT2D eigenvalue weighted by Gasteiger charge is -2.33. The molecular formula is C19H27N3O2S. The number of amides is 2. The molecule has 136 valence electrons. The number of thioether (sulfide) groups is 1. The second kappa shape index (κ2) is 7.38. The molecule has 2 heterocycles. The number of hydrogen-bond donors (Lipinski definition) is 1. The van der Waals surface area contributed by atoms with Crippen LogP contribution in [0, 0.1) is 5.41 Å². The molecule has 1 atom stereocenters. The van der Waals surface area contributed by atoms with Crippen LogP contribution in [0.1, 0.15) is 38.1 Å². The Morgan fingerprint density at radius 1 is 1.20 bits per heavy atom. The Bertz CT molecular complexity index is 656. The third-order valence-corrected chi connectivity index (χ3v) is 5.89. The SMILES string of the molecule is CC(C)(C)CCN1C(=O)CSC1c1ccccc1N1CCNCC1=O. The van der Waals surface area contributed by atoms with Crippen molar-refractivity contribution >= 4 is 29.3 Å². The van der Waals surface area contributed by atoms with Crippen LogP contribution in [0.3, 0.4) is 0 Å². The molecule has 1 aromatic carbocycles. The summed E-state index contributed by atoms with van der Waals surface area (Å²) in [7, 11) is 0. The third kappa shape index (κ3) is 4.18. The molecule has 25 heavy (non-hydrogen) atoms. The third-order valence-electron chi connectivity index (χ3n) is 4.65. The normalized spacial score (nSPS) is 22.0. The van der Waals surface area contributed by atoms with Gasteiger partial charge in [-0.2, -0.15) is 0 Å². The van der Waals surface area contributed by atoms with E-state index in [0.717, 1.165) is 30.8 Å². The highest BCUT2D eigenvalue weighted by Crippen LogP contribution is 2.43. The van der Waals surface area contributed by atoms with E-state index >= 15 is 0 Å². The number of carbonyl (C=O) groups is 2. The highest BCUT2D eigenvalue weighted by atomic mass is 32.2. The predicted octanol–water partition coefficient (Wildman–Crippen LogP) is 2.63. The van der Waals surface area contributed by atoms with Crippen molar-refractivity contribution in [1.82, 2.24) is 10.2 Å². The van der Waals surface area contributed by atoms with Crippen molar-refractivity contribution in [3.05, 3.63) is 29.8 Å². The molecule has 2 aliphatic rings. The van der Waals surface area contributed by atoms with Crippen LogP contribution in [-0.2, 0) is 9.59 Å². The maximum absolute atomic E-state index is 12.4. The first kappa shape index (κ1) is 18.3. The van der Waals surface area contributed by atoms with Gasteiger partial charge in [-0.25, -0.2) is 0 Å². The van der Waals surface area contributed by atoms with Gasteiger partial charge in [-0.15, -0.1) is 11.8 Å². The maximum Gasteiger partial charge on any atom is 0.240 e. The number of nitrogens with zero attached hydrogens (tertiary/aromatic N) is 2. The van der Waals surface area contributed by atoms with Gasteiger partial charge in [0.2, 0.25) is 11.8 Å². The Morgan fingerprint density at radius 3 is 2.68 bits per heavy atom. The molecule has 5 nitrogen and oxygen atoms in total. The molecule has 1 aromatic rings. The molecule has 0 bridgehead atoms. The summed E-state index contributed by atoms with van der Waals surface area (Å²) in [6.07, 6.45) is 0.963. The van der Waals surface area contributed by atoms with E-state index in [1.54, 1.807) is 11.8 Å². The Balaban J connectivity index is 1.87. The van der Waals surface area contributed by atoms with Gasteiger partial charge >= 0.3 is 0 Å². The van der Waals surface area contributed by atoms with Gasteiger partial charge in [0, 0.05) is 30.9 Å². The molecule has 6 heteroatoms. The number of para-hydroxylation sites is 1. The zero-order chi connectivity index (χ0) is 18.0. The van der Waals surface area contributed by atoms with E-state index < -0.39 is 0 Å². The molecule has 2 amide bonds. The molecular weight excluding hydrogens is 334 g/mol. The van der Waals surface area contributed by atoms with Crippen LogP contribution in [0.5, 0.6) is 0 Å². The summed E-state index contributed by atoms with van der Waals surface area (Å²) in [4.78, 5) is 28.6. The Kier molecular flexibility index (Phi) is 5.39. The topological polar surface area (TPSA) is 52.7 Å². The van der Waals surface area contributed by atoms with E-state index in [1.165, 1.54) is 0 Å². The second-order valence-corrected chi connectivity index (χ2v) is 8.91. The minimum absolute atomic E-state index is 0.00580. The summed E-state index contributed by atoms with van der Waals surface area (Å²) in [5.74, 6) is 0.800. The highest BCUT2D eigenvalue weighted by molar-refractivity contribution is 8.00. The van der Waals surface area contributed by atoms with Crippen molar-refractivity contribution in [3.63, 3.8) is 0 Å². The Morgan fingerprint density at radius 2 is 1.96 bits per heavy atom. The van der Waals surface area contributed by atoms with E-state index in [2.05, 4.69) is 32.2 Å². The van der Waals surface area contributed by atoms with Crippen molar-refractivity contribution in [2.75, 3.05) is 36.8 Å². The molecule has 1 unspecified atom stereocenters. The molecule has 1 N–H and O–H groups in total. The van der Waals surface area contributed by atoms with E-state index in [0.29, 0.717) is 18.8 Å². The van der Waals surface area contributed by atoms with Gasteiger partial charge in [-0.05, 0) is 17.9 Å². The van der Waals surface area contributed by atoms with E-state index in [4.69, 9.17) is 0 Å². The highest BCUT2D eigenvalue weighted by Gasteiger charge is 2.36. The summed E-state index contributed by atoms with van der Waals surface area (Å²) in [5, 5.41) is 3.11. The number of piperazine rings is 1. The summed E-state index contributed by atoms with van der Waals surface area (Å²) < 4.78 is 0. The lowest BCUT2D eigenvalue weighted by molar-refractivity contribution is -0.128. The van der Waals surface area contributed by atoms with Crippen molar-refractivity contribution in [1.29, 1.82) is 0 Å². The van der Waals surface area contributed by atoms with Crippen LogP contribution in [0.2, 0.25) is 0 Å². The predicted molar refractivity (Wildman–Crippen MR) is 103 cm³/mol. The summed E-state index contributed by atoms with van der Waals surface area (Å²) in [6, 6.07) is 8.03. The first-order chi connectivity index (χ1) is 11.9. The lowest BCUT2D eigenvalue weighted by Crippen LogP contribution is -2.48. The molecule has 0 aliphatic carbocycles. The average molecular weight is 362 g/mol. The minimum Gasteiger partial charge on any atom is -0.326 e. The number of hydrogen-bond acceptors (Lipinski definition) is 4. The lowest BCUT2D eigenvalue weighted by atomic mass is 9.92. The zero-order valence-electron chi connectivity index (χ0n) is 15.2. The number of nitrogens with one attached hydrogen (secondary N) is 1. The first-order valence-electron chi connectivity index (χ1n) is 8.88. The van der Waals surface area contributed by atoms with Crippen LogP contribution in [0.25, 0.3) is 0 Å². The van der Waals surface area contributed by atoms with Gasteiger partial charge in [0.05, 0.1) is 12.3 Å². The summed E-state index contributed by atoms with van der Waals surface area (Å²) >= 11 is 1.66. The molecule has 0 radical (unpaired) electrons. The fraction of sp³-hybridized carbons (Fsp3) is 0.579. The van der Waals surface area contributed by atoms with E-state index in [1.807, 2.05) is 28.0 Å². The zero-order valence-corrected chi connectivity index (χ0v) is 16.1. The van der Waals surface area contributed by atoms with E-state index in [-0.39, 0.29) is 22.6 Å². The molecule has 2 saturated heterocycles. The second-order valence-electron chi connectivity index (χ2n) is 7.84. The van der Waals surface area contributed by atoms with Crippen LogP contribution in [-0.4, -0.2) is 48.6 Å². The Hall–Kier alpha value is -1.53. The van der Waals surface area contributed by atoms with E-state index in [9.17, 15) is 9.59 Å². The van der Waals surface area contributed by atoms with Crippen LogP contribution in [0.4, 0.5) is 5.69 Å². The summed E-state index contributed by atoms with van der Waals surface area (Å²) in [6.45, 7) is 9.19. The van der Waals surface area contributed by atoms with Crippen molar-refractivity contribution < 1.29 is 9.59 Å². The van der Waals surface area contributed by atoms with Crippen molar-refractivity contribution in [2.24, 2.45) is 5.41 Å². The first-order valence-corrected chi connectivity index (χ1v) is 9.93. The molecule has 0 aromatic heterocycles. The van der Waals surface area contributed by atoms with Crippen LogP contribution in [0.15, 0.2) is 24.3 Å². The van der Waals surface area contributed by atoms with Crippen molar-refractivity contribution in [3.8, 4) is 0 Å². The van der Waals surface area contributed by atoms with Crippen molar-refractivity contribution in [2.45, 2.75) is 32.6 Å². The fourth-order valence-corrected chi connectivity index (χ4v) is 4.46. The molecule has 2 fully saturated rings. The van der Waals surface area contributed by atoms with Gasteiger partial charge in [0.25, 0.3) is 0 Å². The van der Waals surface area contributed by atoms with Crippen LogP contribution < -0.4 is 10.2 Å². The maximum atomic E-state index is 12.4. The molecule has 2 aliphatic heterocycles. The minimum atomic E-state index is -0.00580. The smallest absolute Gasteiger partial charge is 0.240 e. The largest absolute Gasteiger partial charge is 0.326 e. The molecule has 3 rings (SSSR count). The van der Waals surface area contributed by atoms with Crippen LogP contribution >= 0.6 is 11.8 Å².